The molecule has 0 bridgehead atoms. The van der Waals surface area contributed by atoms with E-state index >= 15 is 0 Å². The normalized spacial score (nSPS) is 21.8. The quantitative estimate of drug-likeness (QED) is 0.174. The van der Waals surface area contributed by atoms with Crippen LogP contribution in [0, 0.1) is 0 Å². The summed E-state index contributed by atoms with van der Waals surface area (Å²) in [6.45, 7) is 8.21. The fourth-order valence-corrected chi connectivity index (χ4v) is 6.92. The molecule has 4 aromatic rings. The van der Waals surface area contributed by atoms with Crippen molar-refractivity contribution in [2.45, 2.75) is 56.8 Å². The van der Waals surface area contributed by atoms with E-state index in [-0.39, 0.29) is 26.0 Å². The summed E-state index contributed by atoms with van der Waals surface area (Å²) in [5.74, 6) is 0. The van der Waals surface area contributed by atoms with Crippen LogP contribution in [-0.4, -0.2) is 93.7 Å². The maximum absolute atomic E-state index is 12.0. The van der Waals surface area contributed by atoms with Crippen LogP contribution in [0.3, 0.4) is 0 Å². The monoisotopic (exact) mass is 671 g/mol. The lowest BCUT2D eigenvalue weighted by molar-refractivity contribution is 0.00336. The van der Waals surface area contributed by atoms with Crippen molar-refractivity contribution < 1.29 is 28.3 Å². The molecule has 6 rings (SSSR count). The van der Waals surface area contributed by atoms with E-state index in [1.54, 1.807) is 29.3 Å². The molecule has 2 fully saturated rings. The van der Waals surface area contributed by atoms with Gasteiger partial charge in [0.25, 0.3) is 0 Å². The van der Waals surface area contributed by atoms with Gasteiger partial charge in [0.15, 0.2) is 11.8 Å². The summed E-state index contributed by atoms with van der Waals surface area (Å²) in [6, 6.07) is 14.4. The summed E-state index contributed by atoms with van der Waals surface area (Å²) in [5, 5.41) is 10.6. The van der Waals surface area contributed by atoms with Crippen molar-refractivity contribution >= 4 is 46.3 Å². The van der Waals surface area contributed by atoms with Gasteiger partial charge in [0.1, 0.15) is 30.6 Å². The van der Waals surface area contributed by atoms with Crippen LogP contribution in [0.2, 0.25) is 30.7 Å². The maximum Gasteiger partial charge on any atom is 0.301 e. The summed E-state index contributed by atoms with van der Waals surface area (Å²) in [7, 11) is -3.53. The second-order valence-corrected chi connectivity index (χ2v) is 21.5. The number of hydrogen-bond donors (Lipinski definition) is 1. The Kier molecular flexibility index (Phi) is 9.05. The van der Waals surface area contributed by atoms with Gasteiger partial charge in [-0.25, -0.2) is 9.19 Å². The van der Waals surface area contributed by atoms with Crippen LogP contribution in [0.25, 0.3) is 33.7 Å². The van der Waals surface area contributed by atoms with Gasteiger partial charge in [-0.15, -0.1) is 0 Å². The molecule has 240 valence electrons. The zero-order valence-corrected chi connectivity index (χ0v) is 28.5. The van der Waals surface area contributed by atoms with Crippen LogP contribution >= 0.6 is 11.6 Å². The first kappa shape index (κ1) is 32.0. The average Bonchev–Trinajstić information content (AvgIpc) is 3.65. The average molecular weight is 672 g/mol. The summed E-state index contributed by atoms with van der Waals surface area (Å²) in [4.78, 5) is 14.3. The van der Waals surface area contributed by atoms with Gasteiger partial charge in [0, 0.05) is 54.2 Å². The van der Waals surface area contributed by atoms with Gasteiger partial charge in [-0.1, -0.05) is 43.4 Å². The Hall–Kier alpha value is -2.91. The molecule has 0 amide bonds. The molecular weight excluding hydrogens is 634 g/mol. The third-order valence-electron chi connectivity index (χ3n) is 7.62. The summed E-state index contributed by atoms with van der Waals surface area (Å²) < 4.78 is 42.0. The zero-order valence-electron chi connectivity index (χ0n) is 26.0. The second-order valence-electron chi connectivity index (χ2n) is 12.9. The van der Waals surface area contributed by atoms with Gasteiger partial charge in [-0.2, -0.15) is 9.35 Å². The molecule has 11 nitrogen and oxygen atoms in total. The van der Waals surface area contributed by atoms with Gasteiger partial charge in [-0.3, -0.25) is 9.55 Å². The van der Waals surface area contributed by atoms with Crippen molar-refractivity contribution in [1.29, 1.82) is 0 Å². The number of halogens is 1. The molecule has 2 aliphatic heterocycles. The molecule has 0 radical (unpaired) electrons. The van der Waals surface area contributed by atoms with E-state index in [2.05, 4.69) is 29.0 Å². The predicted octanol–water partition coefficient (Wildman–Crippen LogP) is 5.39. The predicted molar refractivity (Wildman–Crippen MR) is 177 cm³/mol. The van der Waals surface area contributed by atoms with E-state index < -0.39 is 36.1 Å². The van der Waals surface area contributed by atoms with E-state index in [1.807, 2.05) is 36.4 Å². The van der Waals surface area contributed by atoms with Crippen LogP contribution in [0.1, 0.15) is 0 Å². The highest BCUT2D eigenvalue weighted by atomic mass is 35.5. The number of ether oxygens (including phenoxy) is 4. The van der Waals surface area contributed by atoms with E-state index in [9.17, 15) is 9.32 Å². The number of aromatic nitrogens is 4. The number of aliphatic hydroxyl groups excluding tert-OH is 1. The molecule has 0 spiro atoms. The third-order valence-corrected chi connectivity index (χ3v) is 10.3. The summed E-state index contributed by atoms with van der Waals surface area (Å²) >= 11 is 6.75. The highest BCUT2D eigenvalue weighted by molar-refractivity contribution is 7.92. The lowest BCUT2D eigenvalue weighted by atomic mass is 10.1. The SMILES string of the molecule is C[Si](C)(C)CCOCn1c(O[C@@H]2CO[C@H]3[C@@H]2OC[C@H]3O)nc2cc(Cl)c(-c3ccc(-c4ccc(N=S(C)(C)=O)cc4)nc3)nc21. The first-order chi connectivity index (χ1) is 21.3. The molecule has 4 atom stereocenters. The minimum Gasteiger partial charge on any atom is -0.456 e. The molecule has 3 aromatic heterocycles. The number of fused-ring (bicyclic) bond motifs is 2. The van der Waals surface area contributed by atoms with E-state index in [4.69, 9.17) is 40.5 Å². The fourth-order valence-electron chi connectivity index (χ4n) is 5.28. The van der Waals surface area contributed by atoms with Gasteiger partial charge in [-0.05, 0) is 36.4 Å². The standard InChI is InChI=1S/C31H38ClN5O6SSi/c1-44(2,39)36-21-9-6-19(7-10-21)23-11-8-20(15-33-23)27-22(32)14-24-30(35-27)37(18-40-12-13-45(3,4)5)31(34-24)43-26-17-42-28-25(38)16-41-29(26)28/h6-11,14-15,25-26,28-29,38H,12-13,16-18H2,1-5H3/t25-,26-,28-,29-/m1/s1. The minimum atomic E-state index is -2.24. The molecule has 2 saturated heterocycles. The highest BCUT2D eigenvalue weighted by Gasteiger charge is 2.49. The molecular formula is C31H38ClN5O6SSi. The second kappa shape index (κ2) is 12.7. The van der Waals surface area contributed by atoms with Crippen LogP contribution < -0.4 is 4.74 Å². The van der Waals surface area contributed by atoms with Crippen molar-refractivity contribution in [1.82, 2.24) is 19.5 Å². The van der Waals surface area contributed by atoms with E-state index in [1.165, 1.54) is 0 Å². The molecule has 1 aromatic carbocycles. The van der Waals surface area contributed by atoms with Crippen molar-refractivity contribution in [2.75, 3.05) is 32.3 Å². The summed E-state index contributed by atoms with van der Waals surface area (Å²) in [5.41, 5.74) is 4.75. The number of imidazole rings is 1. The maximum atomic E-state index is 12.0. The van der Waals surface area contributed by atoms with Gasteiger partial charge < -0.3 is 24.1 Å². The third kappa shape index (κ3) is 7.40. The number of nitrogens with zero attached hydrogens (tertiary/aromatic N) is 5. The van der Waals surface area contributed by atoms with Crippen molar-refractivity contribution in [3.63, 3.8) is 0 Å². The van der Waals surface area contributed by atoms with Gasteiger partial charge in [0.2, 0.25) is 0 Å². The molecule has 0 unspecified atom stereocenters. The minimum absolute atomic E-state index is 0.194. The lowest BCUT2D eigenvalue weighted by Gasteiger charge is -2.19. The van der Waals surface area contributed by atoms with Crippen molar-refractivity contribution in [3.05, 3.63) is 53.7 Å². The van der Waals surface area contributed by atoms with Gasteiger partial charge in [0.05, 0.1) is 35.3 Å². The lowest BCUT2D eigenvalue weighted by Crippen LogP contribution is -2.35. The van der Waals surface area contributed by atoms with Crippen molar-refractivity contribution in [2.24, 2.45) is 4.36 Å². The molecule has 2 aliphatic rings. The Morgan fingerprint density at radius 1 is 1.07 bits per heavy atom. The molecule has 5 heterocycles. The number of benzene rings is 1. The topological polar surface area (TPSA) is 130 Å². The van der Waals surface area contributed by atoms with Crippen LogP contribution in [0.5, 0.6) is 6.01 Å². The first-order valence-electron chi connectivity index (χ1n) is 14.8. The van der Waals surface area contributed by atoms with Crippen molar-refractivity contribution in [3.8, 4) is 28.5 Å². The van der Waals surface area contributed by atoms with E-state index in [0.29, 0.717) is 40.2 Å². The number of aliphatic hydroxyl groups is 1. The van der Waals surface area contributed by atoms with E-state index in [0.717, 1.165) is 22.9 Å². The molecule has 0 aliphatic carbocycles. The Labute approximate surface area is 269 Å². The molecule has 14 heteroatoms. The first-order valence-corrected chi connectivity index (χ1v) is 21.2. The Balaban J connectivity index is 1.29. The molecule has 0 saturated carbocycles. The Morgan fingerprint density at radius 3 is 2.49 bits per heavy atom. The molecule has 1 N–H and O–H groups in total. The zero-order chi connectivity index (χ0) is 31.9. The number of hydrogen-bond acceptors (Lipinski definition) is 10. The molecule has 45 heavy (non-hydrogen) atoms. The van der Waals surface area contributed by atoms with Crippen LogP contribution in [0.4, 0.5) is 5.69 Å². The smallest absolute Gasteiger partial charge is 0.301 e. The fraction of sp³-hybridized carbons (Fsp3) is 0.452. The summed E-state index contributed by atoms with van der Waals surface area (Å²) in [6.07, 6.45) is 3.03. The van der Waals surface area contributed by atoms with Crippen LogP contribution in [0.15, 0.2) is 53.0 Å². The Morgan fingerprint density at radius 2 is 1.80 bits per heavy atom. The largest absolute Gasteiger partial charge is 0.456 e. The number of pyridine rings is 2. The Bertz CT molecular complexity index is 1800. The van der Waals surface area contributed by atoms with Crippen LogP contribution in [-0.2, 0) is 30.7 Å². The number of rotatable bonds is 10. The highest BCUT2D eigenvalue weighted by Crippen LogP contribution is 2.34. The van der Waals surface area contributed by atoms with Gasteiger partial charge >= 0.3 is 6.01 Å².